The van der Waals surface area contributed by atoms with Gasteiger partial charge in [-0.05, 0) is 67.5 Å². The number of nitrogens with one attached hydrogen (secondary N) is 1. The Labute approximate surface area is 162 Å². The molecule has 1 N–H and O–H groups in total. The fourth-order valence-corrected chi connectivity index (χ4v) is 4.57. The van der Waals surface area contributed by atoms with Crippen LogP contribution in [-0.2, 0) is 4.79 Å². The van der Waals surface area contributed by atoms with E-state index in [0.29, 0.717) is 5.92 Å². The predicted octanol–water partition coefficient (Wildman–Crippen LogP) is 5.37. The number of ketones is 1. The van der Waals surface area contributed by atoms with Crippen molar-refractivity contribution in [1.29, 1.82) is 0 Å². The zero-order valence-electron chi connectivity index (χ0n) is 16.6. The number of hydrogen-bond acceptors (Lipinski definition) is 2. The van der Waals surface area contributed by atoms with E-state index in [1.807, 2.05) is 7.05 Å². The molecule has 2 nitrogen and oxygen atoms in total. The number of Topliss-reactive ketones (excluding diaryl/α,β-unsaturated/α-hetero) is 1. The molecule has 2 bridgehead atoms. The molecular weight excluding hydrogens is 330 g/mol. The zero-order chi connectivity index (χ0) is 19.1. The SMILES string of the molecule is CNC1=C(c2cc(-c3ccc(C)cc3C)ccc2C)C(=O)C2C=CC1CC2. The van der Waals surface area contributed by atoms with E-state index in [1.54, 1.807) is 0 Å². The minimum atomic E-state index is 0.0197. The van der Waals surface area contributed by atoms with Gasteiger partial charge in [0.15, 0.2) is 5.78 Å². The molecule has 3 aliphatic carbocycles. The molecule has 2 aromatic carbocycles. The van der Waals surface area contributed by atoms with E-state index in [9.17, 15) is 4.79 Å². The van der Waals surface area contributed by atoms with Gasteiger partial charge >= 0.3 is 0 Å². The lowest BCUT2D eigenvalue weighted by Crippen LogP contribution is -2.18. The fraction of sp³-hybridized carbons (Fsp3) is 0.320. The smallest absolute Gasteiger partial charge is 0.172 e. The molecule has 0 fully saturated rings. The van der Waals surface area contributed by atoms with Crippen LogP contribution in [0.25, 0.3) is 16.7 Å². The molecular formula is C25H27NO. The molecule has 0 saturated heterocycles. The van der Waals surface area contributed by atoms with Crippen LogP contribution >= 0.6 is 0 Å². The van der Waals surface area contributed by atoms with Gasteiger partial charge in [0.25, 0.3) is 0 Å². The Bertz CT molecular complexity index is 980. The molecule has 0 heterocycles. The van der Waals surface area contributed by atoms with Crippen molar-refractivity contribution in [3.63, 3.8) is 0 Å². The molecule has 138 valence electrons. The van der Waals surface area contributed by atoms with Crippen LogP contribution in [0.3, 0.4) is 0 Å². The quantitative estimate of drug-likeness (QED) is 0.748. The Kier molecular flexibility index (Phi) is 4.51. The molecule has 0 aromatic heterocycles. The Hall–Kier alpha value is -2.61. The summed E-state index contributed by atoms with van der Waals surface area (Å²) in [5.41, 5.74) is 9.13. The normalized spacial score (nSPS) is 21.6. The largest absolute Gasteiger partial charge is 0.390 e. The van der Waals surface area contributed by atoms with Crippen LogP contribution in [0.1, 0.15) is 35.1 Å². The molecule has 2 unspecified atom stereocenters. The van der Waals surface area contributed by atoms with Gasteiger partial charge in [0, 0.05) is 30.2 Å². The molecule has 0 spiro atoms. The highest BCUT2D eigenvalue weighted by Gasteiger charge is 2.34. The van der Waals surface area contributed by atoms with Crippen molar-refractivity contribution in [1.82, 2.24) is 5.32 Å². The minimum Gasteiger partial charge on any atom is -0.390 e. The first-order valence-corrected chi connectivity index (χ1v) is 9.82. The van der Waals surface area contributed by atoms with Crippen molar-refractivity contribution in [2.75, 3.05) is 7.05 Å². The van der Waals surface area contributed by atoms with E-state index in [2.05, 4.69) is 74.6 Å². The summed E-state index contributed by atoms with van der Waals surface area (Å²) in [5.74, 6) is 0.597. The van der Waals surface area contributed by atoms with Crippen LogP contribution in [-0.4, -0.2) is 12.8 Å². The summed E-state index contributed by atoms with van der Waals surface area (Å²) in [6.07, 6.45) is 6.32. The number of carbonyl (C=O) groups is 1. The van der Waals surface area contributed by atoms with Crippen LogP contribution in [0.15, 0.2) is 54.2 Å². The summed E-state index contributed by atoms with van der Waals surface area (Å²) in [6, 6.07) is 13.1. The Morgan fingerprint density at radius 2 is 1.59 bits per heavy atom. The van der Waals surface area contributed by atoms with Gasteiger partial charge in [0.2, 0.25) is 0 Å². The van der Waals surface area contributed by atoms with Gasteiger partial charge < -0.3 is 5.32 Å². The molecule has 0 saturated carbocycles. The monoisotopic (exact) mass is 357 g/mol. The number of benzene rings is 2. The van der Waals surface area contributed by atoms with Crippen molar-refractivity contribution in [2.45, 2.75) is 33.6 Å². The molecule has 0 radical (unpaired) electrons. The van der Waals surface area contributed by atoms with E-state index in [1.165, 1.54) is 22.3 Å². The molecule has 0 amide bonds. The molecule has 0 aliphatic heterocycles. The third-order valence-corrected chi connectivity index (χ3v) is 6.06. The predicted molar refractivity (Wildman–Crippen MR) is 112 cm³/mol. The number of carbonyl (C=O) groups excluding carboxylic acids is 1. The maximum atomic E-state index is 13.3. The van der Waals surface area contributed by atoms with Crippen LogP contribution in [0.5, 0.6) is 0 Å². The Morgan fingerprint density at radius 1 is 0.852 bits per heavy atom. The molecule has 2 atom stereocenters. The van der Waals surface area contributed by atoms with Crippen LogP contribution < -0.4 is 5.32 Å². The number of rotatable bonds is 3. The first kappa shape index (κ1) is 17.8. The van der Waals surface area contributed by atoms with Crippen LogP contribution in [0.4, 0.5) is 0 Å². The Balaban J connectivity index is 1.90. The van der Waals surface area contributed by atoms with Crippen LogP contribution in [0.2, 0.25) is 0 Å². The molecule has 2 aromatic rings. The average Bonchev–Trinajstić information content (AvgIpc) is 2.87. The van der Waals surface area contributed by atoms with Gasteiger partial charge in [-0.3, -0.25) is 4.79 Å². The summed E-state index contributed by atoms with van der Waals surface area (Å²) in [5, 5.41) is 3.36. The third-order valence-electron chi connectivity index (χ3n) is 6.06. The van der Waals surface area contributed by atoms with E-state index in [4.69, 9.17) is 0 Å². The summed E-state index contributed by atoms with van der Waals surface area (Å²) >= 11 is 0. The number of aryl methyl sites for hydroxylation is 3. The molecule has 2 heteroatoms. The topological polar surface area (TPSA) is 29.1 Å². The second kappa shape index (κ2) is 6.84. The lowest BCUT2D eigenvalue weighted by Gasteiger charge is -2.19. The van der Waals surface area contributed by atoms with E-state index < -0.39 is 0 Å². The lowest BCUT2D eigenvalue weighted by atomic mass is 9.87. The van der Waals surface area contributed by atoms with E-state index in [-0.39, 0.29) is 11.7 Å². The highest BCUT2D eigenvalue weighted by atomic mass is 16.1. The standard InChI is InChI=1S/C25H27NO/c1-15-5-12-21(17(3)13-15)20-7-6-16(2)22(14-20)23-24(26-4)18-8-10-19(11-9-18)25(23)27/h5-8,10,12-14,18-19,26H,9,11H2,1-4H3. The van der Waals surface area contributed by atoms with Gasteiger partial charge in [0.05, 0.1) is 0 Å². The van der Waals surface area contributed by atoms with E-state index in [0.717, 1.165) is 35.2 Å². The lowest BCUT2D eigenvalue weighted by molar-refractivity contribution is -0.116. The maximum absolute atomic E-state index is 13.3. The number of allylic oxidation sites excluding steroid dienone is 3. The van der Waals surface area contributed by atoms with Crippen molar-refractivity contribution in [2.24, 2.45) is 11.8 Å². The summed E-state index contributed by atoms with van der Waals surface area (Å²) in [6.45, 7) is 6.38. The van der Waals surface area contributed by atoms with Gasteiger partial charge in [0.1, 0.15) is 0 Å². The van der Waals surface area contributed by atoms with E-state index >= 15 is 0 Å². The molecule has 27 heavy (non-hydrogen) atoms. The van der Waals surface area contributed by atoms with Crippen molar-refractivity contribution < 1.29 is 4.79 Å². The number of hydrogen-bond donors (Lipinski definition) is 1. The maximum Gasteiger partial charge on any atom is 0.172 e. The zero-order valence-corrected chi connectivity index (χ0v) is 16.6. The van der Waals surface area contributed by atoms with Gasteiger partial charge in [-0.2, -0.15) is 0 Å². The average molecular weight is 357 g/mol. The number of fused-ring (bicyclic) bond motifs is 2. The second-order valence-corrected chi connectivity index (χ2v) is 7.93. The Morgan fingerprint density at radius 3 is 2.26 bits per heavy atom. The van der Waals surface area contributed by atoms with Crippen molar-refractivity contribution in [3.8, 4) is 11.1 Å². The van der Waals surface area contributed by atoms with Crippen LogP contribution in [0, 0.1) is 32.6 Å². The minimum absolute atomic E-state index is 0.0197. The third kappa shape index (κ3) is 3.03. The summed E-state index contributed by atoms with van der Waals surface area (Å²) < 4.78 is 0. The first-order chi connectivity index (χ1) is 13.0. The summed E-state index contributed by atoms with van der Waals surface area (Å²) in [7, 11) is 1.94. The van der Waals surface area contributed by atoms with Crippen molar-refractivity contribution >= 4 is 11.4 Å². The highest BCUT2D eigenvalue weighted by molar-refractivity contribution is 6.24. The van der Waals surface area contributed by atoms with Crippen molar-refractivity contribution in [3.05, 3.63) is 76.5 Å². The summed E-state index contributed by atoms with van der Waals surface area (Å²) in [4.78, 5) is 13.3. The molecule has 5 rings (SSSR count). The van der Waals surface area contributed by atoms with Gasteiger partial charge in [-0.1, -0.05) is 48.0 Å². The second-order valence-electron chi connectivity index (χ2n) is 7.93. The molecule has 3 aliphatic rings. The fourth-order valence-electron chi connectivity index (χ4n) is 4.57. The van der Waals surface area contributed by atoms with Gasteiger partial charge in [-0.15, -0.1) is 0 Å². The first-order valence-electron chi connectivity index (χ1n) is 9.82. The van der Waals surface area contributed by atoms with Gasteiger partial charge in [-0.25, -0.2) is 0 Å². The highest BCUT2D eigenvalue weighted by Crippen LogP contribution is 2.40.